The van der Waals surface area contributed by atoms with E-state index in [2.05, 4.69) is 10.1 Å². The molecule has 1 N–H and O–H groups in total. The molecule has 0 saturated carbocycles. The zero-order valence-corrected chi connectivity index (χ0v) is 16.3. The van der Waals surface area contributed by atoms with Gasteiger partial charge in [0.15, 0.2) is 0 Å². The summed E-state index contributed by atoms with van der Waals surface area (Å²) in [6, 6.07) is 9.19. The summed E-state index contributed by atoms with van der Waals surface area (Å²) < 4.78 is 3.13. The number of hydrogen-bond donors (Lipinski definition) is 1. The number of halogens is 1. The lowest BCUT2D eigenvalue weighted by molar-refractivity contribution is 0.0875. The van der Waals surface area contributed by atoms with Crippen LogP contribution in [0, 0.1) is 5.92 Å². The van der Waals surface area contributed by atoms with E-state index in [1.165, 1.54) is 4.68 Å². The largest absolute Gasteiger partial charge is 0.385 e. The number of anilines is 1. The zero-order valence-electron chi connectivity index (χ0n) is 15.6. The van der Waals surface area contributed by atoms with Crippen LogP contribution in [-0.4, -0.2) is 37.5 Å². The Morgan fingerprint density at radius 1 is 1.29 bits per heavy atom. The molecule has 0 spiro atoms. The molecule has 2 atom stereocenters. The minimum Gasteiger partial charge on any atom is -0.385 e. The first kappa shape index (κ1) is 18.7. The zero-order chi connectivity index (χ0) is 19.7. The molecule has 3 aromatic rings. The third kappa shape index (κ3) is 3.43. The number of rotatable bonds is 4. The molecule has 1 aliphatic heterocycles. The highest BCUT2D eigenvalue weighted by Crippen LogP contribution is 2.32. The van der Waals surface area contributed by atoms with Crippen LogP contribution in [0.3, 0.4) is 0 Å². The van der Waals surface area contributed by atoms with Crippen LogP contribution >= 0.6 is 11.6 Å². The molecule has 2 aromatic heterocycles. The molecule has 1 fully saturated rings. The van der Waals surface area contributed by atoms with Gasteiger partial charge in [-0.1, -0.05) is 29.8 Å². The SMILES string of the molecule is Cn1ccnc1C(O)C1CCCN(c2cnn(-c3ccccc3)c(=O)c2Cl)C1. The average molecular weight is 400 g/mol. The summed E-state index contributed by atoms with van der Waals surface area (Å²) in [6.07, 6.45) is 6.25. The second kappa shape index (κ2) is 7.77. The van der Waals surface area contributed by atoms with Crippen LogP contribution in [0.4, 0.5) is 5.69 Å². The van der Waals surface area contributed by atoms with Crippen LogP contribution in [0.2, 0.25) is 5.02 Å². The van der Waals surface area contributed by atoms with Gasteiger partial charge in [-0.2, -0.15) is 9.78 Å². The van der Waals surface area contributed by atoms with E-state index in [0.29, 0.717) is 23.7 Å². The molecule has 4 rings (SSSR count). The summed E-state index contributed by atoms with van der Waals surface area (Å²) >= 11 is 6.44. The number of aliphatic hydroxyl groups is 1. The Morgan fingerprint density at radius 3 is 2.79 bits per heavy atom. The predicted molar refractivity (Wildman–Crippen MR) is 108 cm³/mol. The first-order chi connectivity index (χ1) is 13.6. The minimum absolute atomic E-state index is 0.00229. The lowest BCUT2D eigenvalue weighted by atomic mass is 9.91. The summed E-state index contributed by atoms with van der Waals surface area (Å²) in [5, 5.41) is 15.2. The van der Waals surface area contributed by atoms with Crippen LogP contribution in [0.5, 0.6) is 0 Å². The van der Waals surface area contributed by atoms with Crippen molar-refractivity contribution in [2.75, 3.05) is 18.0 Å². The monoisotopic (exact) mass is 399 g/mol. The second-order valence-electron chi connectivity index (χ2n) is 7.09. The molecule has 146 valence electrons. The molecular formula is C20H22ClN5O2. The van der Waals surface area contributed by atoms with E-state index in [1.54, 1.807) is 12.4 Å². The fourth-order valence-corrected chi connectivity index (χ4v) is 4.01. The van der Waals surface area contributed by atoms with Gasteiger partial charge in [-0.3, -0.25) is 4.79 Å². The van der Waals surface area contributed by atoms with Crippen molar-refractivity contribution in [3.8, 4) is 5.69 Å². The quantitative estimate of drug-likeness (QED) is 0.729. The van der Waals surface area contributed by atoms with Crippen LogP contribution in [-0.2, 0) is 7.05 Å². The molecular weight excluding hydrogens is 378 g/mol. The van der Waals surface area contributed by atoms with Gasteiger partial charge < -0.3 is 14.6 Å². The molecule has 8 heteroatoms. The maximum atomic E-state index is 12.8. The summed E-state index contributed by atoms with van der Waals surface area (Å²) in [6.45, 7) is 1.35. The van der Waals surface area contributed by atoms with E-state index in [-0.39, 0.29) is 16.5 Å². The topological polar surface area (TPSA) is 76.2 Å². The number of aryl methyl sites for hydroxylation is 1. The van der Waals surface area contributed by atoms with E-state index in [0.717, 1.165) is 19.4 Å². The molecule has 1 saturated heterocycles. The fraction of sp³-hybridized carbons (Fsp3) is 0.350. The van der Waals surface area contributed by atoms with Gasteiger partial charge in [-0.15, -0.1) is 0 Å². The van der Waals surface area contributed by atoms with E-state index in [4.69, 9.17) is 11.6 Å². The van der Waals surface area contributed by atoms with Crippen LogP contribution in [0.1, 0.15) is 24.8 Å². The molecule has 1 aromatic carbocycles. The maximum absolute atomic E-state index is 12.8. The molecule has 28 heavy (non-hydrogen) atoms. The van der Waals surface area contributed by atoms with Crippen LogP contribution < -0.4 is 10.5 Å². The van der Waals surface area contributed by atoms with Crippen molar-refractivity contribution in [2.24, 2.45) is 13.0 Å². The normalized spacial score (nSPS) is 18.2. The second-order valence-corrected chi connectivity index (χ2v) is 7.46. The number of benzene rings is 1. The molecule has 3 heterocycles. The molecule has 0 bridgehead atoms. The standard InChI is InChI=1S/C20H22ClN5O2/c1-24-11-9-22-19(24)18(27)14-6-5-10-25(13-14)16-12-23-26(20(28)17(16)21)15-7-3-2-4-8-15/h2-4,7-9,11-12,14,18,27H,5-6,10,13H2,1H3. The highest BCUT2D eigenvalue weighted by molar-refractivity contribution is 6.33. The Hall–Kier alpha value is -2.64. The Balaban J connectivity index is 1.60. The van der Waals surface area contributed by atoms with Gasteiger partial charge in [0.1, 0.15) is 17.0 Å². The number of para-hydroxylation sites is 1. The van der Waals surface area contributed by atoms with Crippen molar-refractivity contribution in [2.45, 2.75) is 18.9 Å². The van der Waals surface area contributed by atoms with E-state index in [1.807, 2.05) is 53.0 Å². The molecule has 1 aliphatic rings. The molecule has 0 amide bonds. The maximum Gasteiger partial charge on any atom is 0.292 e. The first-order valence-corrected chi connectivity index (χ1v) is 9.67. The Morgan fingerprint density at radius 2 is 2.07 bits per heavy atom. The van der Waals surface area contributed by atoms with Crippen molar-refractivity contribution in [3.63, 3.8) is 0 Å². The van der Waals surface area contributed by atoms with Crippen molar-refractivity contribution in [1.82, 2.24) is 19.3 Å². The average Bonchev–Trinajstić information content (AvgIpc) is 3.16. The van der Waals surface area contributed by atoms with Crippen LogP contribution in [0.25, 0.3) is 5.69 Å². The predicted octanol–water partition coefficient (Wildman–Crippen LogP) is 2.57. The summed E-state index contributed by atoms with van der Waals surface area (Å²) in [5.74, 6) is 0.651. The molecule has 0 radical (unpaired) electrons. The highest BCUT2D eigenvalue weighted by Gasteiger charge is 2.30. The Labute approximate surface area is 167 Å². The number of imidazole rings is 1. The number of hydrogen-bond acceptors (Lipinski definition) is 5. The van der Waals surface area contributed by atoms with Gasteiger partial charge in [0.05, 0.1) is 17.6 Å². The van der Waals surface area contributed by atoms with Gasteiger partial charge in [0.2, 0.25) is 0 Å². The summed E-state index contributed by atoms with van der Waals surface area (Å²) in [4.78, 5) is 19.1. The van der Waals surface area contributed by atoms with E-state index in [9.17, 15) is 9.90 Å². The van der Waals surface area contributed by atoms with Crippen molar-refractivity contribution in [1.29, 1.82) is 0 Å². The van der Waals surface area contributed by atoms with Gasteiger partial charge in [-0.25, -0.2) is 4.98 Å². The van der Waals surface area contributed by atoms with Crippen molar-refractivity contribution < 1.29 is 5.11 Å². The van der Waals surface area contributed by atoms with Crippen molar-refractivity contribution in [3.05, 3.63) is 70.1 Å². The van der Waals surface area contributed by atoms with E-state index >= 15 is 0 Å². The smallest absolute Gasteiger partial charge is 0.292 e. The summed E-state index contributed by atoms with van der Waals surface area (Å²) in [7, 11) is 1.87. The molecule has 7 nitrogen and oxygen atoms in total. The van der Waals surface area contributed by atoms with Gasteiger partial charge in [0, 0.05) is 38.4 Å². The van der Waals surface area contributed by atoms with E-state index < -0.39 is 6.10 Å². The number of aromatic nitrogens is 4. The van der Waals surface area contributed by atoms with Gasteiger partial charge in [0.25, 0.3) is 5.56 Å². The van der Waals surface area contributed by atoms with Gasteiger partial charge in [-0.05, 0) is 25.0 Å². The Kier molecular flexibility index (Phi) is 5.19. The number of piperidine rings is 1. The molecule has 0 aliphatic carbocycles. The molecule has 2 unspecified atom stereocenters. The third-order valence-electron chi connectivity index (χ3n) is 5.27. The lowest BCUT2D eigenvalue weighted by Crippen LogP contribution is -2.39. The highest BCUT2D eigenvalue weighted by atomic mass is 35.5. The summed E-state index contributed by atoms with van der Waals surface area (Å²) in [5.41, 5.74) is 0.926. The number of nitrogens with zero attached hydrogens (tertiary/aromatic N) is 5. The Bertz CT molecular complexity index is 1020. The fourth-order valence-electron chi connectivity index (χ4n) is 3.76. The van der Waals surface area contributed by atoms with Crippen molar-refractivity contribution >= 4 is 17.3 Å². The first-order valence-electron chi connectivity index (χ1n) is 9.29. The van der Waals surface area contributed by atoms with Gasteiger partial charge >= 0.3 is 0 Å². The van der Waals surface area contributed by atoms with Crippen LogP contribution in [0.15, 0.2) is 53.7 Å². The lowest BCUT2D eigenvalue weighted by Gasteiger charge is -2.36. The third-order valence-corrected chi connectivity index (χ3v) is 5.62. The minimum atomic E-state index is -0.667. The number of aliphatic hydroxyl groups excluding tert-OH is 1.